The van der Waals surface area contributed by atoms with Crippen molar-refractivity contribution in [3.8, 4) is 0 Å². The highest BCUT2D eigenvalue weighted by atomic mass is 15.3. The van der Waals surface area contributed by atoms with Crippen molar-refractivity contribution in [1.82, 2.24) is 15.1 Å². The number of aryl methyl sites for hydroxylation is 2. The summed E-state index contributed by atoms with van der Waals surface area (Å²) in [6.45, 7) is 14.2. The fourth-order valence-electron chi connectivity index (χ4n) is 2.00. The molecule has 0 atom stereocenters. The lowest BCUT2D eigenvalue weighted by Crippen LogP contribution is -2.19. The normalized spacial score (nSPS) is 11.7. The van der Waals surface area contributed by atoms with Crippen LogP contribution in [-0.2, 0) is 13.1 Å². The summed E-state index contributed by atoms with van der Waals surface area (Å²) in [7, 11) is 0. The van der Waals surface area contributed by atoms with Crippen LogP contribution in [0.3, 0.4) is 0 Å². The van der Waals surface area contributed by atoms with Crippen LogP contribution in [0.2, 0.25) is 0 Å². The summed E-state index contributed by atoms with van der Waals surface area (Å²) >= 11 is 0. The average Bonchev–Trinajstić information content (AvgIpc) is 2.58. The molecular formula is C15H29N3. The highest BCUT2D eigenvalue weighted by molar-refractivity contribution is 5.14. The number of nitrogens with zero attached hydrogens (tertiary/aromatic N) is 2. The Balaban J connectivity index is 2.38. The van der Waals surface area contributed by atoms with Crippen LogP contribution in [0.15, 0.2) is 6.20 Å². The molecule has 1 aromatic rings. The number of hydrogen-bond acceptors (Lipinski definition) is 2. The van der Waals surface area contributed by atoms with Crippen LogP contribution in [-0.4, -0.2) is 16.3 Å². The average molecular weight is 251 g/mol. The van der Waals surface area contributed by atoms with Crippen LogP contribution in [0.1, 0.15) is 51.8 Å². The van der Waals surface area contributed by atoms with E-state index >= 15 is 0 Å². The van der Waals surface area contributed by atoms with Gasteiger partial charge in [0.2, 0.25) is 0 Å². The fraction of sp³-hybridized carbons (Fsp3) is 0.800. The van der Waals surface area contributed by atoms with Crippen molar-refractivity contribution < 1.29 is 0 Å². The van der Waals surface area contributed by atoms with Gasteiger partial charge in [0.1, 0.15) is 0 Å². The van der Waals surface area contributed by atoms with Gasteiger partial charge < -0.3 is 5.32 Å². The van der Waals surface area contributed by atoms with Gasteiger partial charge in [-0.1, -0.05) is 27.7 Å². The van der Waals surface area contributed by atoms with Crippen LogP contribution in [0.25, 0.3) is 0 Å². The standard InChI is InChI=1S/C15H29N3/c1-12(2)7-6-8-18-11-15(14(5)17-18)10-16-9-13(3)4/h11-13,16H,6-10H2,1-5H3. The van der Waals surface area contributed by atoms with E-state index in [4.69, 9.17) is 0 Å². The maximum absolute atomic E-state index is 4.58. The lowest BCUT2D eigenvalue weighted by Gasteiger charge is -2.06. The minimum atomic E-state index is 0.700. The molecule has 0 radical (unpaired) electrons. The van der Waals surface area contributed by atoms with Crippen molar-refractivity contribution in [2.24, 2.45) is 11.8 Å². The molecule has 3 heteroatoms. The monoisotopic (exact) mass is 251 g/mol. The number of hydrogen-bond donors (Lipinski definition) is 1. The van der Waals surface area contributed by atoms with Gasteiger partial charge in [-0.25, -0.2) is 0 Å². The summed E-state index contributed by atoms with van der Waals surface area (Å²) in [5.74, 6) is 1.49. The second kappa shape index (κ2) is 7.57. The van der Waals surface area contributed by atoms with E-state index in [0.29, 0.717) is 5.92 Å². The van der Waals surface area contributed by atoms with E-state index in [1.54, 1.807) is 0 Å². The van der Waals surface area contributed by atoms with E-state index in [2.05, 4.69) is 55.9 Å². The molecule has 0 aromatic carbocycles. The Labute approximate surface area is 112 Å². The van der Waals surface area contributed by atoms with Crippen LogP contribution >= 0.6 is 0 Å². The van der Waals surface area contributed by atoms with E-state index in [0.717, 1.165) is 31.2 Å². The molecule has 1 rings (SSSR count). The SMILES string of the molecule is Cc1nn(CCCC(C)C)cc1CNCC(C)C. The Bertz CT molecular complexity index is 340. The third-order valence-corrected chi connectivity index (χ3v) is 3.08. The Morgan fingerprint density at radius 2 is 1.94 bits per heavy atom. The third kappa shape index (κ3) is 5.67. The van der Waals surface area contributed by atoms with Crippen molar-refractivity contribution in [3.63, 3.8) is 0 Å². The molecule has 0 saturated heterocycles. The van der Waals surface area contributed by atoms with Crippen molar-refractivity contribution in [2.75, 3.05) is 6.54 Å². The topological polar surface area (TPSA) is 29.9 Å². The van der Waals surface area contributed by atoms with E-state index in [-0.39, 0.29) is 0 Å². The van der Waals surface area contributed by atoms with Gasteiger partial charge in [-0.3, -0.25) is 4.68 Å². The lowest BCUT2D eigenvalue weighted by molar-refractivity contribution is 0.488. The highest BCUT2D eigenvalue weighted by Gasteiger charge is 2.05. The van der Waals surface area contributed by atoms with E-state index in [9.17, 15) is 0 Å². The minimum absolute atomic E-state index is 0.700. The molecule has 0 spiro atoms. The van der Waals surface area contributed by atoms with E-state index in [1.165, 1.54) is 18.4 Å². The molecule has 1 aromatic heterocycles. The quantitative estimate of drug-likeness (QED) is 0.767. The van der Waals surface area contributed by atoms with Crippen LogP contribution in [0, 0.1) is 18.8 Å². The molecule has 0 aliphatic rings. The molecule has 1 heterocycles. The highest BCUT2D eigenvalue weighted by Crippen LogP contribution is 2.09. The maximum Gasteiger partial charge on any atom is 0.0638 e. The Morgan fingerprint density at radius 1 is 1.22 bits per heavy atom. The minimum Gasteiger partial charge on any atom is -0.312 e. The predicted molar refractivity (Wildman–Crippen MR) is 77.6 cm³/mol. The fourth-order valence-corrected chi connectivity index (χ4v) is 2.00. The lowest BCUT2D eigenvalue weighted by atomic mass is 10.1. The smallest absolute Gasteiger partial charge is 0.0638 e. The van der Waals surface area contributed by atoms with Crippen LogP contribution in [0.5, 0.6) is 0 Å². The van der Waals surface area contributed by atoms with Gasteiger partial charge >= 0.3 is 0 Å². The third-order valence-electron chi connectivity index (χ3n) is 3.08. The first kappa shape index (κ1) is 15.2. The first-order valence-electron chi connectivity index (χ1n) is 7.22. The van der Waals surface area contributed by atoms with E-state index < -0.39 is 0 Å². The molecule has 0 unspecified atom stereocenters. The zero-order chi connectivity index (χ0) is 13.5. The molecule has 0 aliphatic heterocycles. The van der Waals surface area contributed by atoms with Crippen molar-refractivity contribution in [1.29, 1.82) is 0 Å². The second-order valence-corrected chi connectivity index (χ2v) is 6.06. The van der Waals surface area contributed by atoms with Gasteiger partial charge in [0, 0.05) is 24.8 Å². The molecular weight excluding hydrogens is 222 g/mol. The molecule has 0 aliphatic carbocycles. The molecule has 0 fully saturated rings. The zero-order valence-corrected chi connectivity index (χ0v) is 12.7. The van der Waals surface area contributed by atoms with Gasteiger partial charge in [-0.15, -0.1) is 0 Å². The molecule has 18 heavy (non-hydrogen) atoms. The van der Waals surface area contributed by atoms with Gasteiger partial charge in [0.15, 0.2) is 0 Å². The molecule has 1 N–H and O–H groups in total. The predicted octanol–water partition coefficient (Wildman–Crippen LogP) is 3.37. The van der Waals surface area contributed by atoms with Gasteiger partial charge in [-0.05, 0) is 38.1 Å². The molecule has 3 nitrogen and oxygen atoms in total. The number of rotatable bonds is 8. The molecule has 0 saturated carbocycles. The first-order valence-corrected chi connectivity index (χ1v) is 7.22. The van der Waals surface area contributed by atoms with Gasteiger partial charge in [-0.2, -0.15) is 5.10 Å². The Hall–Kier alpha value is -0.830. The number of nitrogens with one attached hydrogen (secondary N) is 1. The van der Waals surface area contributed by atoms with E-state index in [1.807, 2.05) is 0 Å². The largest absolute Gasteiger partial charge is 0.312 e. The summed E-state index contributed by atoms with van der Waals surface area (Å²) in [5.41, 5.74) is 2.50. The second-order valence-electron chi connectivity index (χ2n) is 6.06. The zero-order valence-electron chi connectivity index (χ0n) is 12.7. The van der Waals surface area contributed by atoms with Crippen LogP contribution in [0.4, 0.5) is 0 Å². The first-order chi connectivity index (χ1) is 8.49. The summed E-state index contributed by atoms with van der Waals surface area (Å²) in [5, 5.41) is 8.06. The molecule has 104 valence electrons. The summed E-state index contributed by atoms with van der Waals surface area (Å²) in [6.07, 6.45) is 4.69. The Kier molecular flexibility index (Phi) is 6.41. The molecule has 0 bridgehead atoms. The van der Waals surface area contributed by atoms with Crippen molar-refractivity contribution in [2.45, 2.75) is 60.5 Å². The molecule has 0 amide bonds. The Morgan fingerprint density at radius 3 is 2.56 bits per heavy atom. The summed E-state index contributed by atoms with van der Waals surface area (Å²) in [6, 6.07) is 0. The van der Waals surface area contributed by atoms with Crippen molar-refractivity contribution in [3.05, 3.63) is 17.5 Å². The van der Waals surface area contributed by atoms with Gasteiger partial charge in [0.05, 0.1) is 5.69 Å². The van der Waals surface area contributed by atoms with Gasteiger partial charge in [0.25, 0.3) is 0 Å². The maximum atomic E-state index is 4.58. The summed E-state index contributed by atoms with van der Waals surface area (Å²) in [4.78, 5) is 0. The number of aromatic nitrogens is 2. The van der Waals surface area contributed by atoms with Crippen LogP contribution < -0.4 is 5.32 Å². The van der Waals surface area contributed by atoms with Crippen molar-refractivity contribution >= 4 is 0 Å². The summed E-state index contributed by atoms with van der Waals surface area (Å²) < 4.78 is 2.10.